The van der Waals surface area contributed by atoms with Crippen LogP contribution in [0.5, 0.6) is 0 Å². The third kappa shape index (κ3) is 3.38. The average Bonchev–Trinajstić information content (AvgIpc) is 2.47. The molecule has 1 unspecified atom stereocenters. The zero-order chi connectivity index (χ0) is 14.6. The number of ether oxygens (including phenoxy) is 2. The molecule has 0 spiro atoms. The molecule has 1 fully saturated rings. The van der Waals surface area contributed by atoms with Crippen LogP contribution in [-0.4, -0.2) is 32.0 Å². The lowest BCUT2D eigenvalue weighted by Crippen LogP contribution is -2.58. The fraction of sp³-hybridized carbons (Fsp3) is 0.571. The Morgan fingerprint density at radius 3 is 2.75 bits per heavy atom. The van der Waals surface area contributed by atoms with Crippen LogP contribution in [0, 0.1) is 5.82 Å². The number of hydrazine groups is 1. The first kappa shape index (κ1) is 15.9. The zero-order valence-corrected chi connectivity index (χ0v) is 13.1. The van der Waals surface area contributed by atoms with E-state index in [1.54, 1.807) is 13.2 Å². The molecular weight excluding hydrogens is 327 g/mol. The standard InChI is InChI=1S/C14H20BrFN2O2/c1-19-14(4-6-20-7-5-14)13(18-17)8-10-2-3-11(15)9-12(10)16/h2-3,9,13,18H,4-8,17H2,1H3. The molecule has 0 aromatic heterocycles. The third-order valence-electron chi connectivity index (χ3n) is 4.02. The number of rotatable bonds is 5. The monoisotopic (exact) mass is 346 g/mol. The minimum atomic E-state index is -0.410. The number of benzene rings is 1. The van der Waals surface area contributed by atoms with Crippen molar-refractivity contribution in [3.8, 4) is 0 Å². The van der Waals surface area contributed by atoms with Gasteiger partial charge in [0.05, 0.1) is 11.6 Å². The minimum absolute atomic E-state index is 0.160. The number of hydrogen-bond donors (Lipinski definition) is 2. The van der Waals surface area contributed by atoms with Gasteiger partial charge in [-0.2, -0.15) is 0 Å². The Bertz CT molecular complexity index is 453. The highest BCUT2D eigenvalue weighted by atomic mass is 79.9. The van der Waals surface area contributed by atoms with Gasteiger partial charge >= 0.3 is 0 Å². The maximum absolute atomic E-state index is 14.0. The number of hydrogen-bond acceptors (Lipinski definition) is 4. The Morgan fingerprint density at radius 2 is 2.20 bits per heavy atom. The molecule has 112 valence electrons. The van der Waals surface area contributed by atoms with E-state index in [0.717, 1.165) is 17.3 Å². The predicted octanol–water partition coefficient (Wildman–Crippen LogP) is 2.16. The summed E-state index contributed by atoms with van der Waals surface area (Å²) in [6, 6.07) is 4.90. The number of nitrogens with two attached hydrogens (primary N) is 1. The van der Waals surface area contributed by atoms with Crippen molar-refractivity contribution in [1.29, 1.82) is 0 Å². The van der Waals surface area contributed by atoms with E-state index in [2.05, 4.69) is 21.4 Å². The Balaban J connectivity index is 2.18. The summed E-state index contributed by atoms with van der Waals surface area (Å²) in [5.41, 5.74) is 3.01. The van der Waals surface area contributed by atoms with Crippen molar-refractivity contribution in [1.82, 2.24) is 5.43 Å². The van der Waals surface area contributed by atoms with Gasteiger partial charge in [0.15, 0.2) is 0 Å². The number of halogens is 2. The predicted molar refractivity (Wildman–Crippen MR) is 78.7 cm³/mol. The molecule has 0 amide bonds. The fourth-order valence-corrected chi connectivity index (χ4v) is 3.05. The molecule has 3 N–H and O–H groups in total. The highest BCUT2D eigenvalue weighted by molar-refractivity contribution is 9.10. The number of nitrogens with one attached hydrogen (secondary N) is 1. The summed E-state index contributed by atoms with van der Waals surface area (Å²) in [5.74, 6) is 5.45. The second kappa shape index (κ2) is 6.95. The van der Waals surface area contributed by atoms with E-state index in [0.29, 0.717) is 25.2 Å². The van der Waals surface area contributed by atoms with Gasteiger partial charge in [0.1, 0.15) is 5.82 Å². The molecule has 6 heteroatoms. The van der Waals surface area contributed by atoms with E-state index < -0.39 is 5.60 Å². The maximum Gasteiger partial charge on any atom is 0.127 e. The first-order valence-electron chi connectivity index (χ1n) is 6.64. The first-order chi connectivity index (χ1) is 9.61. The van der Waals surface area contributed by atoms with E-state index in [1.165, 1.54) is 6.07 Å². The van der Waals surface area contributed by atoms with E-state index >= 15 is 0 Å². The largest absolute Gasteiger partial charge is 0.381 e. The molecule has 0 saturated carbocycles. The van der Waals surface area contributed by atoms with Crippen molar-refractivity contribution < 1.29 is 13.9 Å². The van der Waals surface area contributed by atoms with Crippen LogP contribution < -0.4 is 11.3 Å². The smallest absolute Gasteiger partial charge is 0.127 e. The molecule has 20 heavy (non-hydrogen) atoms. The van der Waals surface area contributed by atoms with Gasteiger partial charge < -0.3 is 9.47 Å². The van der Waals surface area contributed by atoms with Crippen LogP contribution in [0.3, 0.4) is 0 Å². The van der Waals surface area contributed by atoms with Crippen LogP contribution in [0.4, 0.5) is 4.39 Å². The quantitative estimate of drug-likeness (QED) is 0.633. The molecule has 1 aromatic rings. The van der Waals surface area contributed by atoms with Crippen LogP contribution >= 0.6 is 15.9 Å². The summed E-state index contributed by atoms with van der Waals surface area (Å²) in [6.07, 6.45) is 1.97. The van der Waals surface area contributed by atoms with Gasteiger partial charge in [-0.05, 0) is 24.1 Å². The van der Waals surface area contributed by atoms with E-state index in [-0.39, 0.29) is 11.9 Å². The number of methoxy groups -OCH3 is 1. The van der Waals surface area contributed by atoms with Crippen molar-refractivity contribution in [2.75, 3.05) is 20.3 Å². The summed E-state index contributed by atoms with van der Waals surface area (Å²) < 4.78 is 25.8. The lowest BCUT2D eigenvalue weighted by atomic mass is 9.83. The van der Waals surface area contributed by atoms with Crippen LogP contribution in [0.15, 0.2) is 22.7 Å². The lowest BCUT2D eigenvalue weighted by molar-refractivity contribution is -0.110. The first-order valence-corrected chi connectivity index (χ1v) is 7.43. The van der Waals surface area contributed by atoms with Crippen LogP contribution in [0.2, 0.25) is 0 Å². The Labute approximate surface area is 126 Å². The van der Waals surface area contributed by atoms with Crippen molar-refractivity contribution in [2.45, 2.75) is 30.9 Å². The van der Waals surface area contributed by atoms with Gasteiger partial charge in [-0.25, -0.2) is 4.39 Å². The van der Waals surface area contributed by atoms with Crippen molar-refractivity contribution in [3.63, 3.8) is 0 Å². The topological polar surface area (TPSA) is 56.5 Å². The Morgan fingerprint density at radius 1 is 1.50 bits per heavy atom. The van der Waals surface area contributed by atoms with Gasteiger partial charge in [-0.1, -0.05) is 22.0 Å². The molecule has 0 radical (unpaired) electrons. The molecule has 4 nitrogen and oxygen atoms in total. The van der Waals surface area contributed by atoms with Crippen molar-refractivity contribution in [2.24, 2.45) is 5.84 Å². The SMILES string of the molecule is COC1(C(Cc2ccc(Br)cc2F)NN)CCOCC1. The molecule has 1 saturated heterocycles. The van der Waals surface area contributed by atoms with Crippen LogP contribution in [-0.2, 0) is 15.9 Å². The van der Waals surface area contributed by atoms with Crippen LogP contribution in [0.25, 0.3) is 0 Å². The van der Waals surface area contributed by atoms with Gasteiger partial charge in [-0.3, -0.25) is 11.3 Å². The Kier molecular flexibility index (Phi) is 5.51. The normalized spacial score (nSPS) is 19.8. The molecule has 1 aliphatic rings. The summed E-state index contributed by atoms with van der Waals surface area (Å²) in [6.45, 7) is 1.27. The molecular formula is C14H20BrFN2O2. The van der Waals surface area contributed by atoms with Crippen molar-refractivity contribution in [3.05, 3.63) is 34.1 Å². The van der Waals surface area contributed by atoms with Crippen molar-refractivity contribution >= 4 is 15.9 Å². The average molecular weight is 347 g/mol. The third-order valence-corrected chi connectivity index (χ3v) is 4.51. The molecule has 2 rings (SSSR count). The van der Waals surface area contributed by atoms with E-state index in [9.17, 15) is 4.39 Å². The molecule has 0 bridgehead atoms. The van der Waals surface area contributed by atoms with Gasteiger partial charge in [0, 0.05) is 37.6 Å². The molecule has 1 aromatic carbocycles. The second-order valence-corrected chi connectivity index (χ2v) is 5.96. The molecule has 1 aliphatic heterocycles. The maximum atomic E-state index is 14.0. The summed E-state index contributed by atoms with van der Waals surface area (Å²) in [7, 11) is 1.67. The molecule has 1 atom stereocenters. The Hall–Kier alpha value is -0.530. The van der Waals surface area contributed by atoms with Gasteiger partial charge in [0.2, 0.25) is 0 Å². The molecule has 1 heterocycles. The zero-order valence-electron chi connectivity index (χ0n) is 11.5. The van der Waals surface area contributed by atoms with E-state index in [1.807, 2.05) is 6.07 Å². The summed E-state index contributed by atoms with van der Waals surface area (Å²) >= 11 is 3.26. The van der Waals surface area contributed by atoms with Gasteiger partial charge in [-0.15, -0.1) is 0 Å². The lowest BCUT2D eigenvalue weighted by Gasteiger charge is -2.42. The second-order valence-electron chi connectivity index (χ2n) is 5.04. The summed E-state index contributed by atoms with van der Waals surface area (Å²) in [5, 5.41) is 0. The van der Waals surface area contributed by atoms with Gasteiger partial charge in [0.25, 0.3) is 0 Å². The van der Waals surface area contributed by atoms with Crippen LogP contribution in [0.1, 0.15) is 18.4 Å². The van der Waals surface area contributed by atoms with E-state index in [4.69, 9.17) is 15.3 Å². The highest BCUT2D eigenvalue weighted by Gasteiger charge is 2.40. The highest BCUT2D eigenvalue weighted by Crippen LogP contribution is 2.30. The summed E-state index contributed by atoms with van der Waals surface area (Å²) in [4.78, 5) is 0. The minimum Gasteiger partial charge on any atom is -0.381 e. The molecule has 0 aliphatic carbocycles. The fourth-order valence-electron chi connectivity index (χ4n) is 2.72.